The second-order valence-corrected chi connectivity index (χ2v) is 6.69. The number of carbonyl (C=O) groups is 1. The molecule has 1 N–H and O–H groups in total. The average Bonchev–Trinajstić information content (AvgIpc) is 2.66. The molecule has 0 aliphatic carbocycles. The zero-order valence-electron chi connectivity index (χ0n) is 14.8. The van der Waals surface area contributed by atoms with Crippen LogP contribution < -0.4 is 10.1 Å². The number of rotatable bonds is 8. The van der Waals surface area contributed by atoms with Crippen LogP contribution in [0.25, 0.3) is 0 Å². The number of hydrogen-bond acceptors (Lipinski definition) is 5. The van der Waals surface area contributed by atoms with Gasteiger partial charge in [-0.1, -0.05) is 12.1 Å². The van der Waals surface area contributed by atoms with E-state index in [4.69, 9.17) is 4.74 Å². The zero-order valence-corrected chi connectivity index (χ0v) is 15.6. The SMILES string of the molecule is COc1ccc(CCNC(=O)CSc2ccc(C(F)(F)F)cc2[N+](=O)[O-])cc1. The smallest absolute Gasteiger partial charge is 0.416 e. The zero-order chi connectivity index (χ0) is 20.7. The minimum absolute atomic E-state index is 0.00306. The van der Waals surface area contributed by atoms with E-state index in [9.17, 15) is 28.1 Å². The number of methoxy groups -OCH3 is 1. The van der Waals surface area contributed by atoms with Gasteiger partial charge in [-0.3, -0.25) is 14.9 Å². The number of nitrogens with one attached hydrogen (secondary N) is 1. The normalized spacial score (nSPS) is 11.1. The van der Waals surface area contributed by atoms with Crippen LogP contribution in [0.2, 0.25) is 0 Å². The highest BCUT2D eigenvalue weighted by atomic mass is 32.2. The lowest BCUT2D eigenvalue weighted by Crippen LogP contribution is -2.27. The van der Waals surface area contributed by atoms with Gasteiger partial charge in [0.2, 0.25) is 5.91 Å². The molecule has 2 aromatic rings. The molecule has 150 valence electrons. The molecule has 6 nitrogen and oxygen atoms in total. The molecule has 1 amide bonds. The van der Waals surface area contributed by atoms with E-state index in [1.54, 1.807) is 19.2 Å². The molecular weight excluding hydrogens is 397 g/mol. The Kier molecular flexibility index (Phi) is 7.27. The molecule has 0 fully saturated rings. The summed E-state index contributed by atoms with van der Waals surface area (Å²) in [7, 11) is 1.56. The highest BCUT2D eigenvalue weighted by molar-refractivity contribution is 8.00. The topological polar surface area (TPSA) is 81.5 Å². The molecule has 28 heavy (non-hydrogen) atoms. The van der Waals surface area contributed by atoms with E-state index in [0.29, 0.717) is 19.0 Å². The Morgan fingerprint density at radius 3 is 2.46 bits per heavy atom. The molecule has 0 unspecified atom stereocenters. The molecule has 10 heteroatoms. The predicted molar refractivity (Wildman–Crippen MR) is 98.5 cm³/mol. The first-order chi connectivity index (χ1) is 13.2. The number of thioether (sulfide) groups is 1. The van der Waals surface area contributed by atoms with Crippen LogP contribution in [0.15, 0.2) is 47.4 Å². The van der Waals surface area contributed by atoms with E-state index < -0.39 is 22.4 Å². The number of ether oxygens (including phenoxy) is 1. The van der Waals surface area contributed by atoms with Gasteiger partial charge >= 0.3 is 6.18 Å². The van der Waals surface area contributed by atoms with Crippen LogP contribution in [0.5, 0.6) is 5.75 Å². The number of nitro benzene ring substituents is 1. The van der Waals surface area contributed by atoms with Crippen molar-refractivity contribution in [3.05, 3.63) is 63.7 Å². The largest absolute Gasteiger partial charge is 0.497 e. The number of alkyl halides is 3. The third-order valence-electron chi connectivity index (χ3n) is 3.74. The summed E-state index contributed by atoms with van der Waals surface area (Å²) in [5.41, 5.74) is -0.787. The molecule has 2 rings (SSSR count). The van der Waals surface area contributed by atoms with Crippen LogP contribution >= 0.6 is 11.8 Å². The summed E-state index contributed by atoms with van der Waals surface area (Å²) in [6.07, 6.45) is -4.09. The number of benzene rings is 2. The molecule has 0 heterocycles. The molecule has 0 bridgehead atoms. The van der Waals surface area contributed by atoms with Crippen molar-refractivity contribution in [2.24, 2.45) is 0 Å². The van der Waals surface area contributed by atoms with Gasteiger partial charge in [0, 0.05) is 12.6 Å². The Bertz CT molecular complexity index is 842. The Morgan fingerprint density at radius 2 is 1.89 bits per heavy atom. The van der Waals surface area contributed by atoms with Gasteiger partial charge in [-0.05, 0) is 36.2 Å². The van der Waals surface area contributed by atoms with Gasteiger partial charge in [0.05, 0.1) is 28.2 Å². The number of nitro groups is 1. The minimum Gasteiger partial charge on any atom is -0.497 e. The standard InChI is InChI=1S/C18H17F3N2O4S/c1-27-14-5-2-12(3-6-14)8-9-22-17(24)11-28-16-7-4-13(18(19,20)21)10-15(16)23(25)26/h2-7,10H,8-9,11H2,1H3,(H,22,24). The average molecular weight is 414 g/mol. The van der Waals surface area contributed by atoms with Gasteiger partial charge in [-0.25, -0.2) is 0 Å². The Morgan fingerprint density at radius 1 is 1.21 bits per heavy atom. The van der Waals surface area contributed by atoms with Crippen LogP contribution in [-0.2, 0) is 17.4 Å². The molecule has 0 atom stereocenters. The van der Waals surface area contributed by atoms with E-state index in [2.05, 4.69) is 5.32 Å². The van der Waals surface area contributed by atoms with Crippen LogP contribution in [0.1, 0.15) is 11.1 Å². The lowest BCUT2D eigenvalue weighted by atomic mass is 10.1. The van der Waals surface area contributed by atoms with Gasteiger partial charge in [0.25, 0.3) is 5.69 Å². The van der Waals surface area contributed by atoms with Crippen molar-refractivity contribution < 1.29 is 27.6 Å². The first-order valence-electron chi connectivity index (χ1n) is 8.09. The molecule has 0 aliphatic rings. The lowest BCUT2D eigenvalue weighted by Gasteiger charge is -2.09. The van der Waals surface area contributed by atoms with Crippen molar-refractivity contribution in [1.82, 2.24) is 5.32 Å². The summed E-state index contributed by atoms with van der Waals surface area (Å²) < 4.78 is 43.2. The van der Waals surface area contributed by atoms with Gasteiger partial charge in [-0.2, -0.15) is 13.2 Å². The second-order valence-electron chi connectivity index (χ2n) is 5.67. The maximum atomic E-state index is 12.7. The maximum absolute atomic E-state index is 12.7. The van der Waals surface area contributed by atoms with Gasteiger partial charge in [0.15, 0.2) is 0 Å². The third-order valence-corrected chi connectivity index (χ3v) is 4.80. The van der Waals surface area contributed by atoms with Crippen LogP contribution in [0.4, 0.5) is 18.9 Å². The van der Waals surface area contributed by atoms with Crippen molar-refractivity contribution in [3.8, 4) is 5.75 Å². The number of amides is 1. The Hall–Kier alpha value is -2.75. The molecule has 0 saturated heterocycles. The Labute approximate surface area is 163 Å². The molecular formula is C18H17F3N2O4S. The maximum Gasteiger partial charge on any atom is 0.416 e. The van der Waals surface area contributed by atoms with Crippen LogP contribution in [0, 0.1) is 10.1 Å². The fourth-order valence-electron chi connectivity index (χ4n) is 2.29. The van der Waals surface area contributed by atoms with E-state index in [1.807, 2.05) is 12.1 Å². The van der Waals surface area contributed by atoms with Crippen molar-refractivity contribution in [1.29, 1.82) is 0 Å². The van der Waals surface area contributed by atoms with Crippen molar-refractivity contribution >= 4 is 23.4 Å². The highest BCUT2D eigenvalue weighted by Crippen LogP contribution is 2.36. The first-order valence-corrected chi connectivity index (χ1v) is 9.07. The summed E-state index contributed by atoms with van der Waals surface area (Å²) in [5, 5.41) is 13.7. The minimum atomic E-state index is -4.67. The van der Waals surface area contributed by atoms with E-state index in [1.165, 1.54) is 0 Å². The van der Waals surface area contributed by atoms with Gasteiger partial charge in [0.1, 0.15) is 5.75 Å². The Balaban J connectivity index is 1.88. The number of halogens is 3. The van der Waals surface area contributed by atoms with Gasteiger partial charge < -0.3 is 10.1 Å². The third kappa shape index (κ3) is 6.15. The quantitative estimate of drug-likeness (QED) is 0.400. The fraction of sp³-hybridized carbons (Fsp3) is 0.278. The van der Waals surface area contributed by atoms with E-state index >= 15 is 0 Å². The summed E-state index contributed by atoms with van der Waals surface area (Å²) in [6.45, 7) is 0.362. The molecule has 0 saturated carbocycles. The summed E-state index contributed by atoms with van der Waals surface area (Å²) >= 11 is 0.816. The number of nitrogens with zero attached hydrogens (tertiary/aromatic N) is 1. The highest BCUT2D eigenvalue weighted by Gasteiger charge is 2.33. The molecule has 0 aromatic heterocycles. The van der Waals surface area contributed by atoms with Crippen LogP contribution in [-0.4, -0.2) is 30.2 Å². The van der Waals surface area contributed by atoms with Gasteiger partial charge in [-0.15, -0.1) is 11.8 Å². The summed E-state index contributed by atoms with van der Waals surface area (Å²) in [5.74, 6) is 0.212. The second kappa shape index (κ2) is 9.45. The van der Waals surface area contributed by atoms with Crippen molar-refractivity contribution in [2.75, 3.05) is 19.4 Å². The fourth-order valence-corrected chi connectivity index (χ4v) is 3.13. The first kappa shape index (κ1) is 21.5. The molecule has 2 aromatic carbocycles. The number of carbonyl (C=O) groups excluding carboxylic acids is 1. The van der Waals surface area contributed by atoms with Crippen LogP contribution in [0.3, 0.4) is 0 Å². The monoisotopic (exact) mass is 414 g/mol. The lowest BCUT2D eigenvalue weighted by molar-refractivity contribution is -0.388. The summed E-state index contributed by atoms with van der Waals surface area (Å²) in [6, 6.07) is 9.58. The van der Waals surface area contributed by atoms with E-state index in [-0.39, 0.29) is 16.6 Å². The van der Waals surface area contributed by atoms with E-state index in [0.717, 1.165) is 35.2 Å². The van der Waals surface area contributed by atoms with Crippen molar-refractivity contribution in [3.63, 3.8) is 0 Å². The molecule has 0 spiro atoms. The van der Waals surface area contributed by atoms with Crippen molar-refractivity contribution in [2.45, 2.75) is 17.5 Å². The molecule has 0 radical (unpaired) electrons. The predicted octanol–water partition coefficient (Wildman–Crippen LogP) is 4.07. The summed E-state index contributed by atoms with van der Waals surface area (Å²) in [4.78, 5) is 22.1. The number of hydrogen-bond donors (Lipinski definition) is 1. The molecule has 0 aliphatic heterocycles.